The van der Waals surface area contributed by atoms with E-state index in [1.807, 2.05) is 12.4 Å². The van der Waals surface area contributed by atoms with E-state index in [9.17, 15) is 0 Å². The molecule has 0 bridgehead atoms. The molecular formula is C18H32ClN2NiO4+. The molecular weight excluding hydrogens is 402 g/mol. The summed E-state index contributed by atoms with van der Waals surface area (Å²) in [6, 6.07) is 8.46. The first kappa shape index (κ1) is 35.9. The zero-order chi connectivity index (χ0) is 15.0. The second kappa shape index (κ2) is 13.1. The van der Waals surface area contributed by atoms with E-state index in [1.54, 1.807) is 0 Å². The van der Waals surface area contributed by atoms with Crippen LogP contribution in [-0.2, 0) is 27.3 Å². The van der Waals surface area contributed by atoms with Crippen molar-refractivity contribution >= 4 is 0 Å². The first-order chi connectivity index (χ1) is 9.18. The van der Waals surface area contributed by atoms with Crippen molar-refractivity contribution in [1.29, 1.82) is 0 Å². The Morgan fingerprint density at radius 3 is 1.12 bits per heavy atom. The summed E-state index contributed by atoms with van der Waals surface area (Å²) in [7, 11) is 0. The van der Waals surface area contributed by atoms with Gasteiger partial charge < -0.3 is 34.3 Å². The molecule has 0 aliphatic rings. The van der Waals surface area contributed by atoms with Crippen LogP contribution in [0, 0.1) is 0 Å². The van der Waals surface area contributed by atoms with E-state index < -0.39 is 0 Å². The second-order valence-corrected chi connectivity index (χ2v) is 7.36. The monoisotopic (exact) mass is 433 g/mol. The number of pyridine rings is 2. The Kier molecular flexibility index (Phi) is 18.2. The van der Waals surface area contributed by atoms with Crippen LogP contribution in [0.1, 0.15) is 52.7 Å². The Balaban J connectivity index is -0.000000245. The first-order valence-electron chi connectivity index (χ1n) is 7.11. The summed E-state index contributed by atoms with van der Waals surface area (Å²) in [6.45, 7) is 13.3. The molecule has 0 aliphatic carbocycles. The molecule has 0 amide bonds. The predicted octanol–water partition coefficient (Wildman–Crippen LogP) is -1.56. The van der Waals surface area contributed by atoms with Crippen LogP contribution in [0.25, 0.3) is 11.4 Å². The van der Waals surface area contributed by atoms with Crippen molar-refractivity contribution in [1.82, 2.24) is 9.97 Å². The van der Waals surface area contributed by atoms with Gasteiger partial charge in [0, 0.05) is 12.4 Å². The fourth-order valence-electron chi connectivity index (χ4n) is 2.07. The van der Waals surface area contributed by atoms with E-state index in [0.717, 1.165) is 11.4 Å². The summed E-state index contributed by atoms with van der Waals surface area (Å²) in [4.78, 5) is 8.97. The number of hydrogen-bond donors (Lipinski definition) is 0. The molecule has 0 saturated carbocycles. The number of aromatic nitrogens is 2. The van der Waals surface area contributed by atoms with Crippen molar-refractivity contribution < 1.29 is 50.8 Å². The summed E-state index contributed by atoms with van der Waals surface area (Å²) < 4.78 is 0. The van der Waals surface area contributed by atoms with Gasteiger partial charge in [0.1, 0.15) is 0 Å². The molecule has 0 radical (unpaired) electrons. The molecule has 0 atom stereocenters. The Morgan fingerprint density at radius 2 is 0.885 bits per heavy atom. The van der Waals surface area contributed by atoms with Gasteiger partial charge in [0.25, 0.3) is 0 Å². The van der Waals surface area contributed by atoms with Gasteiger partial charge in [0.2, 0.25) is 0 Å². The Morgan fingerprint density at radius 1 is 0.615 bits per heavy atom. The molecule has 2 aromatic rings. The Hall–Kier alpha value is -1.08. The van der Waals surface area contributed by atoms with Gasteiger partial charge in [-0.15, -0.1) is 0 Å². The van der Waals surface area contributed by atoms with Gasteiger partial charge >= 0.3 is 16.5 Å². The minimum absolute atomic E-state index is 0. The van der Waals surface area contributed by atoms with Gasteiger partial charge in [0.05, 0.1) is 11.4 Å². The van der Waals surface area contributed by atoms with Gasteiger partial charge in [-0.2, -0.15) is 0 Å². The molecule has 0 spiro atoms. The number of hydrogen-bond acceptors (Lipinski definition) is 2. The van der Waals surface area contributed by atoms with Gasteiger partial charge in [-0.05, 0) is 46.2 Å². The third kappa shape index (κ3) is 9.03. The van der Waals surface area contributed by atoms with E-state index in [1.165, 1.54) is 11.1 Å². The summed E-state index contributed by atoms with van der Waals surface area (Å²) in [5, 5.41) is 0. The van der Waals surface area contributed by atoms with Crippen molar-refractivity contribution in [3.8, 4) is 11.4 Å². The van der Waals surface area contributed by atoms with Crippen molar-refractivity contribution in [2.45, 2.75) is 52.4 Å². The standard InChI is InChI=1S/C18H24N2.ClH.Ni.4H2O/c1-17(2,3)13-7-9-19-15(11-13)16-12-14(8-10-20-16)18(4,5)6;;;;;;/h7-12H,1-6H3;1H;;4*1H2/q;;+2;;;;/p-1. The van der Waals surface area contributed by atoms with E-state index in [0.29, 0.717) is 0 Å². The van der Waals surface area contributed by atoms with Gasteiger partial charge in [-0.25, -0.2) is 0 Å². The quantitative estimate of drug-likeness (QED) is 0.499. The second-order valence-electron chi connectivity index (χ2n) is 7.36. The maximum Gasteiger partial charge on any atom is 2.00 e. The zero-order valence-corrected chi connectivity index (χ0v) is 17.8. The fraction of sp³-hybridized carbons (Fsp3) is 0.444. The summed E-state index contributed by atoms with van der Waals surface area (Å²) in [5.74, 6) is 0. The smallest absolute Gasteiger partial charge is 1.00 e. The maximum atomic E-state index is 4.48. The average Bonchev–Trinajstić information content (AvgIpc) is 2.37. The molecule has 6 nitrogen and oxygen atoms in total. The van der Waals surface area contributed by atoms with E-state index in [-0.39, 0.29) is 61.6 Å². The fourth-order valence-corrected chi connectivity index (χ4v) is 2.07. The van der Waals surface area contributed by atoms with E-state index >= 15 is 0 Å². The van der Waals surface area contributed by atoms with Gasteiger partial charge in [0.15, 0.2) is 0 Å². The van der Waals surface area contributed by atoms with Crippen molar-refractivity contribution in [2.24, 2.45) is 0 Å². The van der Waals surface area contributed by atoms with Gasteiger partial charge in [-0.3, -0.25) is 9.97 Å². The molecule has 2 heterocycles. The summed E-state index contributed by atoms with van der Waals surface area (Å²) in [5.41, 5.74) is 4.71. The first-order valence-corrected chi connectivity index (χ1v) is 7.11. The van der Waals surface area contributed by atoms with E-state index in [4.69, 9.17) is 0 Å². The molecule has 154 valence electrons. The third-order valence-electron chi connectivity index (χ3n) is 3.51. The molecule has 0 unspecified atom stereocenters. The SMILES string of the molecule is CC(C)(C)c1ccnc(-c2cc(C(C)(C)C)ccn2)c1.O.O.O.O.[Cl-].[Ni+2]. The van der Waals surface area contributed by atoms with Crippen LogP contribution in [0.3, 0.4) is 0 Å². The molecule has 8 N–H and O–H groups in total. The average molecular weight is 435 g/mol. The largest absolute Gasteiger partial charge is 2.00 e. The normalized spacial score (nSPS) is 9.62. The predicted molar refractivity (Wildman–Crippen MR) is 99.3 cm³/mol. The van der Waals surface area contributed by atoms with Crippen molar-refractivity contribution in [3.63, 3.8) is 0 Å². The van der Waals surface area contributed by atoms with Crippen LogP contribution in [0.15, 0.2) is 36.7 Å². The Labute approximate surface area is 172 Å². The minimum Gasteiger partial charge on any atom is -1.00 e. The maximum absolute atomic E-state index is 4.48. The van der Waals surface area contributed by atoms with Crippen LogP contribution < -0.4 is 12.4 Å². The topological polar surface area (TPSA) is 152 Å². The van der Waals surface area contributed by atoms with Crippen LogP contribution in [0.2, 0.25) is 0 Å². The van der Waals surface area contributed by atoms with Crippen molar-refractivity contribution in [2.75, 3.05) is 0 Å². The molecule has 0 aliphatic heterocycles. The minimum atomic E-state index is 0. The van der Waals surface area contributed by atoms with Crippen LogP contribution in [0.5, 0.6) is 0 Å². The molecule has 26 heavy (non-hydrogen) atoms. The molecule has 0 saturated heterocycles. The third-order valence-corrected chi connectivity index (χ3v) is 3.51. The number of halogens is 1. The van der Waals surface area contributed by atoms with Crippen LogP contribution >= 0.6 is 0 Å². The summed E-state index contributed by atoms with van der Waals surface area (Å²) >= 11 is 0. The number of rotatable bonds is 1. The molecule has 0 aromatic carbocycles. The molecule has 2 rings (SSSR count). The van der Waals surface area contributed by atoms with Crippen LogP contribution in [0.4, 0.5) is 0 Å². The summed E-state index contributed by atoms with van der Waals surface area (Å²) in [6.07, 6.45) is 3.75. The molecule has 0 fully saturated rings. The molecule has 8 heteroatoms. The number of nitrogens with zero attached hydrogens (tertiary/aromatic N) is 2. The zero-order valence-electron chi connectivity index (χ0n) is 16.1. The Bertz CT molecular complexity index is 574. The van der Waals surface area contributed by atoms with E-state index in [2.05, 4.69) is 75.8 Å². The van der Waals surface area contributed by atoms with Crippen LogP contribution in [-0.4, -0.2) is 31.9 Å². The molecule has 2 aromatic heterocycles. The van der Waals surface area contributed by atoms with Gasteiger partial charge in [-0.1, -0.05) is 41.5 Å². The van der Waals surface area contributed by atoms with Crippen molar-refractivity contribution in [3.05, 3.63) is 47.8 Å².